The Bertz CT molecular complexity index is 201. The van der Waals surface area contributed by atoms with Gasteiger partial charge in [-0.1, -0.05) is 19.8 Å². The second-order valence-electron chi connectivity index (χ2n) is 4.76. The first kappa shape index (κ1) is 11.5. The monoisotopic (exact) mass is 194 g/mol. The summed E-state index contributed by atoms with van der Waals surface area (Å²) in [5, 5.41) is 12.2. The van der Waals surface area contributed by atoms with E-state index < -0.39 is 0 Å². The fourth-order valence-electron chi connectivity index (χ4n) is 1.76. The van der Waals surface area contributed by atoms with Crippen molar-refractivity contribution < 1.29 is 0 Å². The first-order valence-electron chi connectivity index (χ1n) is 5.83. The third-order valence-corrected chi connectivity index (χ3v) is 3.23. The van der Waals surface area contributed by atoms with Gasteiger partial charge in [-0.2, -0.15) is 5.26 Å². The molecule has 1 saturated carbocycles. The molecule has 0 bridgehead atoms. The number of nitrogens with one attached hydrogen (secondary N) is 1. The van der Waals surface area contributed by atoms with Gasteiger partial charge in [-0.25, -0.2) is 0 Å². The fourth-order valence-corrected chi connectivity index (χ4v) is 1.76. The van der Waals surface area contributed by atoms with Gasteiger partial charge in [0.15, 0.2) is 0 Å². The van der Waals surface area contributed by atoms with Crippen molar-refractivity contribution >= 4 is 0 Å². The van der Waals surface area contributed by atoms with Crippen molar-refractivity contribution in [2.75, 3.05) is 6.54 Å². The van der Waals surface area contributed by atoms with Crippen LogP contribution in [0.15, 0.2) is 0 Å². The summed E-state index contributed by atoms with van der Waals surface area (Å²) in [6.07, 6.45) is 7.07. The standard InChI is InChI=1S/C12H22N2/c1-3-4-5-11(2)14-10-12(6-7-12)8-9-13/h11,14H,3-8,10H2,1-2H3. The number of nitriles is 1. The van der Waals surface area contributed by atoms with Crippen LogP contribution in [0.2, 0.25) is 0 Å². The molecule has 1 aliphatic carbocycles. The van der Waals surface area contributed by atoms with E-state index in [4.69, 9.17) is 5.26 Å². The topological polar surface area (TPSA) is 35.8 Å². The zero-order valence-electron chi connectivity index (χ0n) is 9.47. The van der Waals surface area contributed by atoms with Gasteiger partial charge in [-0.3, -0.25) is 0 Å². The quantitative estimate of drug-likeness (QED) is 0.676. The first-order valence-corrected chi connectivity index (χ1v) is 5.83. The summed E-state index contributed by atoms with van der Waals surface area (Å²) >= 11 is 0. The Balaban J connectivity index is 2.11. The first-order chi connectivity index (χ1) is 6.72. The molecule has 80 valence electrons. The van der Waals surface area contributed by atoms with E-state index in [0.29, 0.717) is 11.5 Å². The van der Waals surface area contributed by atoms with Crippen molar-refractivity contribution in [3.63, 3.8) is 0 Å². The van der Waals surface area contributed by atoms with Crippen LogP contribution in [0, 0.1) is 16.7 Å². The maximum absolute atomic E-state index is 8.67. The van der Waals surface area contributed by atoms with E-state index in [1.54, 1.807) is 0 Å². The van der Waals surface area contributed by atoms with E-state index in [-0.39, 0.29) is 0 Å². The lowest BCUT2D eigenvalue weighted by molar-refractivity contribution is 0.409. The van der Waals surface area contributed by atoms with Gasteiger partial charge in [0.25, 0.3) is 0 Å². The molecule has 1 fully saturated rings. The molecule has 2 heteroatoms. The van der Waals surface area contributed by atoms with E-state index in [9.17, 15) is 0 Å². The fraction of sp³-hybridized carbons (Fsp3) is 0.917. The van der Waals surface area contributed by atoms with Crippen molar-refractivity contribution in [2.45, 2.75) is 58.4 Å². The summed E-state index contributed by atoms with van der Waals surface area (Å²) in [5.41, 5.74) is 0.356. The van der Waals surface area contributed by atoms with Gasteiger partial charge >= 0.3 is 0 Å². The second kappa shape index (κ2) is 5.36. The Morgan fingerprint density at radius 2 is 2.21 bits per heavy atom. The maximum Gasteiger partial charge on any atom is 0.0628 e. The van der Waals surface area contributed by atoms with Crippen LogP contribution >= 0.6 is 0 Å². The molecule has 1 rings (SSSR count). The number of unbranched alkanes of at least 4 members (excludes halogenated alkanes) is 1. The summed E-state index contributed by atoms with van der Waals surface area (Å²) in [7, 11) is 0. The Morgan fingerprint density at radius 3 is 2.71 bits per heavy atom. The minimum absolute atomic E-state index is 0.356. The van der Waals surface area contributed by atoms with E-state index >= 15 is 0 Å². The molecular formula is C12H22N2. The summed E-state index contributed by atoms with van der Waals surface area (Å²) in [4.78, 5) is 0. The van der Waals surface area contributed by atoms with Crippen LogP contribution in [0.3, 0.4) is 0 Å². The van der Waals surface area contributed by atoms with Crippen LogP contribution in [0.4, 0.5) is 0 Å². The van der Waals surface area contributed by atoms with E-state index in [1.807, 2.05) is 0 Å². The van der Waals surface area contributed by atoms with Gasteiger partial charge in [0.05, 0.1) is 6.07 Å². The molecule has 0 aromatic heterocycles. The molecule has 0 spiro atoms. The third-order valence-electron chi connectivity index (χ3n) is 3.23. The summed E-state index contributed by atoms with van der Waals surface area (Å²) in [6.45, 7) is 5.52. The predicted octanol–water partition coefficient (Wildman–Crippen LogP) is 2.85. The zero-order valence-corrected chi connectivity index (χ0v) is 9.47. The summed E-state index contributed by atoms with van der Waals surface area (Å²) < 4.78 is 0. The minimum Gasteiger partial charge on any atom is -0.314 e. The average Bonchev–Trinajstić information content (AvgIpc) is 2.93. The molecule has 1 unspecified atom stereocenters. The van der Waals surface area contributed by atoms with Crippen molar-refractivity contribution in [2.24, 2.45) is 5.41 Å². The SMILES string of the molecule is CCCCC(C)NCC1(CC#N)CC1. The van der Waals surface area contributed by atoms with E-state index in [0.717, 1.165) is 13.0 Å². The van der Waals surface area contributed by atoms with Crippen LogP contribution in [-0.4, -0.2) is 12.6 Å². The molecule has 1 aliphatic rings. The highest BCUT2D eigenvalue weighted by Gasteiger charge is 2.41. The van der Waals surface area contributed by atoms with Crippen LogP contribution < -0.4 is 5.32 Å². The van der Waals surface area contributed by atoms with Gasteiger partial charge in [-0.05, 0) is 31.6 Å². The lowest BCUT2D eigenvalue weighted by atomic mass is 10.0. The zero-order chi connectivity index (χ0) is 10.4. The van der Waals surface area contributed by atoms with Crippen LogP contribution in [-0.2, 0) is 0 Å². The molecule has 1 N–H and O–H groups in total. The molecule has 0 radical (unpaired) electrons. The third kappa shape index (κ3) is 3.67. The molecule has 0 heterocycles. The average molecular weight is 194 g/mol. The molecule has 0 aromatic carbocycles. The van der Waals surface area contributed by atoms with Gasteiger partial charge in [0.2, 0.25) is 0 Å². The number of rotatable bonds is 7. The predicted molar refractivity (Wildman–Crippen MR) is 58.9 cm³/mol. The van der Waals surface area contributed by atoms with E-state index in [1.165, 1.54) is 32.1 Å². The minimum atomic E-state index is 0.356. The largest absolute Gasteiger partial charge is 0.314 e. The van der Waals surface area contributed by atoms with Crippen molar-refractivity contribution in [1.82, 2.24) is 5.32 Å². The Morgan fingerprint density at radius 1 is 1.50 bits per heavy atom. The van der Waals surface area contributed by atoms with Gasteiger partial charge in [0.1, 0.15) is 0 Å². The molecule has 2 nitrogen and oxygen atoms in total. The molecule has 0 aromatic rings. The van der Waals surface area contributed by atoms with Crippen molar-refractivity contribution in [3.05, 3.63) is 0 Å². The van der Waals surface area contributed by atoms with E-state index in [2.05, 4.69) is 25.2 Å². The molecule has 0 saturated heterocycles. The Labute approximate surface area is 87.7 Å². The van der Waals surface area contributed by atoms with Gasteiger partial charge in [0, 0.05) is 19.0 Å². The number of hydrogen-bond donors (Lipinski definition) is 1. The summed E-state index contributed by atoms with van der Waals surface area (Å²) in [5.74, 6) is 0. The molecular weight excluding hydrogens is 172 g/mol. The molecule has 0 amide bonds. The smallest absolute Gasteiger partial charge is 0.0628 e. The normalized spacial score (nSPS) is 20.1. The van der Waals surface area contributed by atoms with Crippen molar-refractivity contribution in [1.29, 1.82) is 5.26 Å². The summed E-state index contributed by atoms with van der Waals surface area (Å²) in [6, 6.07) is 2.91. The number of hydrogen-bond acceptors (Lipinski definition) is 2. The highest BCUT2D eigenvalue weighted by atomic mass is 14.9. The van der Waals surface area contributed by atoms with Crippen molar-refractivity contribution in [3.8, 4) is 6.07 Å². The molecule has 14 heavy (non-hydrogen) atoms. The van der Waals surface area contributed by atoms with Gasteiger partial charge in [-0.15, -0.1) is 0 Å². The number of nitrogens with zero attached hydrogens (tertiary/aromatic N) is 1. The Hall–Kier alpha value is -0.550. The second-order valence-corrected chi connectivity index (χ2v) is 4.76. The van der Waals surface area contributed by atoms with Crippen LogP contribution in [0.25, 0.3) is 0 Å². The van der Waals surface area contributed by atoms with Gasteiger partial charge < -0.3 is 5.32 Å². The lowest BCUT2D eigenvalue weighted by Crippen LogP contribution is -2.31. The highest BCUT2D eigenvalue weighted by molar-refractivity contribution is 5.00. The lowest BCUT2D eigenvalue weighted by Gasteiger charge is -2.17. The van der Waals surface area contributed by atoms with Crippen LogP contribution in [0.5, 0.6) is 0 Å². The maximum atomic E-state index is 8.67. The highest BCUT2D eigenvalue weighted by Crippen LogP contribution is 2.47. The Kier molecular flexibility index (Phi) is 4.41. The molecule has 1 atom stereocenters. The molecule has 0 aliphatic heterocycles. The van der Waals surface area contributed by atoms with Crippen LogP contribution in [0.1, 0.15) is 52.4 Å².